The Labute approximate surface area is 578 Å². The molecule has 28 heteroatoms. The van der Waals surface area contributed by atoms with E-state index in [1.165, 1.54) is 127 Å². The first-order valence-corrected chi connectivity index (χ1v) is 31.6. The number of nitrogens with zero attached hydrogens (tertiary/aromatic N) is 12. The van der Waals surface area contributed by atoms with Crippen LogP contribution < -0.4 is 17.2 Å². The number of aromatic nitrogens is 6. The molecule has 6 aromatic heterocycles. The molecule has 3 aliphatic heterocycles. The maximum absolute atomic E-state index is 14.8. The van der Waals surface area contributed by atoms with Gasteiger partial charge in [0.05, 0.1) is 17.1 Å². The number of hydrogen-bond acceptors (Lipinski definition) is 15. The van der Waals surface area contributed by atoms with Gasteiger partial charge in [-0.2, -0.15) is 26.7 Å². The highest BCUT2D eigenvalue weighted by atomic mass is 32.1. The van der Waals surface area contributed by atoms with Crippen molar-refractivity contribution in [2.45, 2.75) is 97.1 Å². The van der Waals surface area contributed by atoms with E-state index < -0.39 is 69.6 Å². The summed E-state index contributed by atoms with van der Waals surface area (Å²) in [4.78, 5) is 106. The van der Waals surface area contributed by atoms with Gasteiger partial charge in [-0.05, 0) is 128 Å². The Balaban J connectivity index is 0.000000174. The minimum absolute atomic E-state index is 0. The molecule has 1 unspecified atom stereocenters. The lowest BCUT2D eigenvalue weighted by atomic mass is 9.82. The molecule has 100 heavy (non-hydrogen) atoms. The summed E-state index contributed by atoms with van der Waals surface area (Å²) in [5.74, 6) is -6.28. The van der Waals surface area contributed by atoms with Crippen LogP contribution in [0.5, 0.6) is 0 Å². The van der Waals surface area contributed by atoms with Crippen LogP contribution in [0.25, 0.3) is 33.4 Å². The highest BCUT2D eigenvalue weighted by Gasteiger charge is 2.54. The normalized spacial score (nSPS) is 17.9. The number of aryl methyl sites for hydroxylation is 3. The van der Waals surface area contributed by atoms with E-state index in [-0.39, 0.29) is 101 Å². The predicted molar refractivity (Wildman–Crippen MR) is 369 cm³/mol. The topological polar surface area (TPSA) is 281 Å². The Bertz CT molecular complexity index is 4380. The van der Waals surface area contributed by atoms with Gasteiger partial charge in [0.25, 0.3) is 17.7 Å². The molecule has 0 saturated carbocycles. The van der Waals surface area contributed by atoms with Gasteiger partial charge in [-0.25, -0.2) is 43.1 Å². The molecule has 21 nitrogen and oxygen atoms in total. The van der Waals surface area contributed by atoms with Crippen molar-refractivity contribution in [2.75, 3.05) is 21.1 Å². The molecular formula is C72H71F6N15O6S. The fraction of sp³-hybridized carbons (Fsp3) is 0.250. The van der Waals surface area contributed by atoms with Crippen LogP contribution in [0, 0.1) is 35.3 Å². The Morgan fingerprint density at radius 2 is 0.630 bits per heavy atom. The molecule has 9 aromatic rings. The maximum atomic E-state index is 14.8. The smallest absolute Gasteiger partial charge is 0.266 e. The average molecular weight is 1390 g/mol. The number of aliphatic imine (C=N–C) groups is 3. The molecule has 0 radical (unpaired) electrons. The zero-order valence-electron chi connectivity index (χ0n) is 55.9. The number of pyridine rings is 3. The van der Waals surface area contributed by atoms with Crippen LogP contribution in [-0.4, -0.2) is 117 Å². The van der Waals surface area contributed by atoms with Gasteiger partial charge in [0.2, 0.25) is 17.8 Å². The van der Waals surface area contributed by atoms with Crippen molar-refractivity contribution in [3.05, 3.63) is 232 Å². The summed E-state index contributed by atoms with van der Waals surface area (Å²) in [6.45, 7) is 12.4. The quantitative estimate of drug-likeness (QED) is 0.0411. The third-order valence-electron chi connectivity index (χ3n) is 17.8. The van der Waals surface area contributed by atoms with Gasteiger partial charge in [0, 0.05) is 147 Å². The lowest BCUT2D eigenvalue weighted by molar-refractivity contribution is -0.130. The van der Waals surface area contributed by atoms with E-state index in [1.54, 1.807) is 71.3 Å². The average Bonchev–Trinajstić information content (AvgIpc) is 1.56. The number of likely N-dealkylation sites (N-methyl/N-ethyl adjacent to an activating group) is 3. The summed E-state index contributed by atoms with van der Waals surface area (Å²) in [5, 5.41) is 0. The standard InChI is InChI=1S/3C24H23F2N5O2.H2S/c3*1-4-20(32)19-12-15(13-31(19)5-2)24(22(33)30(3)23(27)29-24)14-8-9-18(25)17(11-14)16-7-6-10-28-21(16)26;/h3*6-13H,4-5H2,1-3H3,(H2,27,29);1H2/t2*24-;;/m10../s1. The van der Waals surface area contributed by atoms with Crippen LogP contribution in [-0.2, 0) is 50.6 Å². The van der Waals surface area contributed by atoms with Crippen LogP contribution >= 0.6 is 13.5 Å². The van der Waals surface area contributed by atoms with Crippen molar-refractivity contribution in [1.29, 1.82) is 0 Å². The number of guanidine groups is 3. The molecule has 3 aliphatic rings. The second kappa shape index (κ2) is 29.0. The zero-order chi connectivity index (χ0) is 71.7. The fourth-order valence-electron chi connectivity index (χ4n) is 12.3. The molecular weight excluding hydrogens is 1320 g/mol. The second-order valence-corrected chi connectivity index (χ2v) is 23.3. The van der Waals surface area contributed by atoms with Gasteiger partial charge in [0.1, 0.15) is 17.5 Å². The van der Waals surface area contributed by atoms with Gasteiger partial charge < -0.3 is 30.9 Å². The van der Waals surface area contributed by atoms with Crippen LogP contribution in [0.2, 0.25) is 0 Å². The summed E-state index contributed by atoms with van der Waals surface area (Å²) < 4.78 is 92.7. The molecule has 6 N–H and O–H groups in total. The third kappa shape index (κ3) is 12.5. The van der Waals surface area contributed by atoms with Crippen molar-refractivity contribution in [2.24, 2.45) is 32.2 Å². The Kier molecular flexibility index (Phi) is 21.2. The van der Waals surface area contributed by atoms with Crippen molar-refractivity contribution in [3.8, 4) is 33.4 Å². The zero-order valence-corrected chi connectivity index (χ0v) is 56.9. The van der Waals surface area contributed by atoms with Gasteiger partial charge in [-0.15, -0.1) is 0 Å². The van der Waals surface area contributed by atoms with E-state index in [4.69, 9.17) is 17.2 Å². The summed E-state index contributed by atoms with van der Waals surface area (Å²) >= 11 is 0. The van der Waals surface area contributed by atoms with Gasteiger partial charge >= 0.3 is 0 Å². The van der Waals surface area contributed by atoms with Gasteiger partial charge in [-0.3, -0.25) is 43.5 Å². The third-order valence-corrected chi connectivity index (χ3v) is 17.8. The first kappa shape index (κ1) is 73.0. The summed E-state index contributed by atoms with van der Waals surface area (Å²) in [5.41, 5.74) is 16.2. The molecule has 0 spiro atoms. The summed E-state index contributed by atoms with van der Waals surface area (Å²) in [7, 11) is 4.47. The van der Waals surface area contributed by atoms with E-state index in [0.717, 1.165) is 18.2 Å². The molecule has 0 saturated heterocycles. The van der Waals surface area contributed by atoms with Crippen molar-refractivity contribution in [1.82, 2.24) is 43.4 Å². The molecule has 0 bridgehead atoms. The number of carbonyl (C=O) groups excluding carboxylic acids is 6. The minimum atomic E-state index is -1.65. The van der Waals surface area contributed by atoms with E-state index >= 15 is 0 Å². The van der Waals surface area contributed by atoms with E-state index in [9.17, 15) is 55.1 Å². The molecule has 9 heterocycles. The number of carbonyl (C=O) groups is 6. The molecule has 3 aromatic carbocycles. The fourth-order valence-corrected chi connectivity index (χ4v) is 12.3. The van der Waals surface area contributed by atoms with E-state index in [0.29, 0.717) is 70.1 Å². The molecule has 0 aliphatic carbocycles. The molecule has 518 valence electrons. The predicted octanol–water partition coefficient (Wildman–Crippen LogP) is 10.5. The summed E-state index contributed by atoms with van der Waals surface area (Å²) in [6.07, 6.45) is 9.72. The maximum Gasteiger partial charge on any atom is 0.266 e. The van der Waals surface area contributed by atoms with Gasteiger partial charge in [-0.1, -0.05) is 39.0 Å². The van der Waals surface area contributed by atoms with Crippen LogP contribution in [0.15, 0.2) is 161 Å². The molecule has 3 atom stereocenters. The van der Waals surface area contributed by atoms with Crippen molar-refractivity contribution >= 4 is 66.4 Å². The lowest BCUT2D eigenvalue weighted by Gasteiger charge is -2.25. The molecule has 0 fully saturated rings. The SMILES string of the molecule is CCC(=O)c1cc(C2(c3ccc(F)c(-c4cccnc4F)c3)N=C(N)N(C)C2=O)cn1CC.CCC(=O)c1cc([C@@]2(c3ccc(F)c(-c4cccnc4F)c3)N=C(N)N(C)C2=O)cn1CC.CCC(=O)c1cc([C@]2(c3ccc(F)c(-c4cccnc4F)c3)N=C(N)N(C)C2=O)cn1CC.S. The van der Waals surface area contributed by atoms with Crippen molar-refractivity contribution in [3.63, 3.8) is 0 Å². The number of rotatable bonds is 18. The number of halogens is 6. The number of Topliss-reactive ketones (excluding diaryl/α,β-unsaturated/α-hetero) is 3. The van der Waals surface area contributed by atoms with E-state index in [1.807, 2.05) is 20.8 Å². The van der Waals surface area contributed by atoms with Crippen molar-refractivity contribution < 1.29 is 55.1 Å². The lowest BCUT2D eigenvalue weighted by Crippen LogP contribution is -2.41. The molecule has 12 rings (SSSR count). The van der Waals surface area contributed by atoms with Gasteiger partial charge in [0.15, 0.2) is 51.8 Å². The number of amides is 3. The van der Waals surface area contributed by atoms with Crippen LogP contribution in [0.1, 0.15) is 126 Å². The Morgan fingerprint density at radius 1 is 0.380 bits per heavy atom. The number of hydrogen-bond donors (Lipinski definition) is 3. The molecule has 3 amide bonds. The Morgan fingerprint density at radius 3 is 0.830 bits per heavy atom. The largest absolute Gasteiger partial charge is 0.369 e. The monoisotopic (exact) mass is 1390 g/mol. The highest BCUT2D eigenvalue weighted by Crippen LogP contribution is 2.46. The number of nitrogens with two attached hydrogens (primary N) is 3. The summed E-state index contributed by atoms with van der Waals surface area (Å²) in [6, 6.07) is 25.5. The minimum Gasteiger partial charge on any atom is -0.369 e. The number of ketones is 3. The first-order chi connectivity index (χ1) is 47.2. The van der Waals surface area contributed by atoms with E-state index in [2.05, 4.69) is 29.9 Å². The van der Waals surface area contributed by atoms with Crippen LogP contribution in [0.3, 0.4) is 0 Å². The highest BCUT2D eigenvalue weighted by molar-refractivity contribution is 7.59. The first-order valence-electron chi connectivity index (χ1n) is 31.6. The second-order valence-electron chi connectivity index (χ2n) is 23.3. The number of benzene rings is 3. The van der Waals surface area contributed by atoms with Crippen LogP contribution in [0.4, 0.5) is 26.3 Å². The Hall–Kier alpha value is -11.3.